The zero-order chi connectivity index (χ0) is 11.4. The molecule has 0 spiro atoms. The fourth-order valence-electron chi connectivity index (χ4n) is 1.75. The molecule has 0 saturated carbocycles. The molecule has 2 heterocycles. The first-order valence-electron chi connectivity index (χ1n) is 5.39. The second kappa shape index (κ2) is 6.79. The normalized spacial score (nSPS) is 16.1. The van der Waals surface area contributed by atoms with Gasteiger partial charge in [0.1, 0.15) is 5.69 Å². The Balaban J connectivity index is 0.00000144. The topological polar surface area (TPSA) is 54.0 Å². The number of halogens is 2. The molecule has 1 aliphatic heterocycles. The monoisotopic (exact) mass is 275 g/mol. The first-order valence-corrected chi connectivity index (χ1v) is 5.76. The maximum Gasteiger partial charge on any atom is 0.270 e. The van der Waals surface area contributed by atoms with Crippen LogP contribution in [0.15, 0.2) is 18.3 Å². The smallest absolute Gasteiger partial charge is 0.270 e. The third kappa shape index (κ3) is 4.15. The second-order valence-electron chi connectivity index (χ2n) is 3.86. The molecule has 0 aromatic carbocycles. The van der Waals surface area contributed by atoms with Crippen molar-refractivity contribution in [2.24, 2.45) is 0 Å². The molecule has 2 N–H and O–H groups in total. The Morgan fingerprint density at radius 3 is 2.82 bits per heavy atom. The number of carbonyl (C=O) groups excluding carboxylic acids is 1. The number of amides is 1. The number of nitrogens with zero attached hydrogens (tertiary/aromatic N) is 1. The Kier molecular flexibility index (Phi) is 5.68. The molecule has 0 atom stereocenters. The Morgan fingerprint density at radius 2 is 2.18 bits per heavy atom. The largest absolute Gasteiger partial charge is 0.348 e. The lowest BCUT2D eigenvalue weighted by atomic mass is 10.1. The van der Waals surface area contributed by atoms with E-state index in [0.717, 1.165) is 25.9 Å². The standard InChI is InChI=1S/C11H14ClN3O.ClH/c12-8-1-6-14-10(7-8)11(16)15-9-2-4-13-5-3-9;/h1,6-7,9,13H,2-5H2,(H,15,16);1H. The van der Waals surface area contributed by atoms with Crippen molar-refractivity contribution in [1.29, 1.82) is 0 Å². The van der Waals surface area contributed by atoms with E-state index in [-0.39, 0.29) is 24.4 Å². The predicted octanol–water partition coefficient (Wildman–Crippen LogP) is 1.64. The third-order valence-electron chi connectivity index (χ3n) is 2.63. The van der Waals surface area contributed by atoms with Crippen LogP contribution in [0.2, 0.25) is 5.02 Å². The minimum absolute atomic E-state index is 0. The average molecular weight is 276 g/mol. The van der Waals surface area contributed by atoms with E-state index in [1.54, 1.807) is 18.3 Å². The van der Waals surface area contributed by atoms with Crippen LogP contribution in [0.1, 0.15) is 23.3 Å². The van der Waals surface area contributed by atoms with Crippen molar-refractivity contribution in [3.63, 3.8) is 0 Å². The van der Waals surface area contributed by atoms with Crippen LogP contribution in [0, 0.1) is 0 Å². The Labute approximate surface area is 112 Å². The van der Waals surface area contributed by atoms with E-state index in [0.29, 0.717) is 10.7 Å². The first-order chi connectivity index (χ1) is 7.75. The van der Waals surface area contributed by atoms with E-state index < -0.39 is 0 Å². The molecule has 0 unspecified atom stereocenters. The molecular weight excluding hydrogens is 261 g/mol. The second-order valence-corrected chi connectivity index (χ2v) is 4.29. The van der Waals surface area contributed by atoms with Crippen LogP contribution in [0.5, 0.6) is 0 Å². The maximum atomic E-state index is 11.8. The van der Waals surface area contributed by atoms with E-state index >= 15 is 0 Å². The first kappa shape index (κ1) is 14.2. The molecule has 0 radical (unpaired) electrons. The minimum Gasteiger partial charge on any atom is -0.348 e. The van der Waals surface area contributed by atoms with Gasteiger partial charge >= 0.3 is 0 Å². The van der Waals surface area contributed by atoms with Gasteiger partial charge in [0, 0.05) is 17.3 Å². The van der Waals surface area contributed by atoms with Crippen LogP contribution in [-0.2, 0) is 0 Å². The van der Waals surface area contributed by atoms with Gasteiger partial charge in [-0.15, -0.1) is 12.4 Å². The lowest BCUT2D eigenvalue weighted by molar-refractivity contribution is 0.0924. The van der Waals surface area contributed by atoms with Crippen molar-refractivity contribution < 1.29 is 4.79 Å². The number of pyridine rings is 1. The van der Waals surface area contributed by atoms with Gasteiger partial charge in [0.05, 0.1) is 0 Å². The van der Waals surface area contributed by atoms with Crippen LogP contribution < -0.4 is 10.6 Å². The van der Waals surface area contributed by atoms with Gasteiger partial charge in [-0.2, -0.15) is 0 Å². The van der Waals surface area contributed by atoms with Gasteiger partial charge in [-0.1, -0.05) is 11.6 Å². The van der Waals surface area contributed by atoms with Gasteiger partial charge in [0.25, 0.3) is 5.91 Å². The summed E-state index contributed by atoms with van der Waals surface area (Å²) in [6.07, 6.45) is 3.47. The number of piperidine rings is 1. The molecule has 2 rings (SSSR count). The summed E-state index contributed by atoms with van der Waals surface area (Å²) in [7, 11) is 0. The molecule has 1 aromatic heterocycles. The van der Waals surface area contributed by atoms with Gasteiger partial charge in [0.15, 0.2) is 0 Å². The van der Waals surface area contributed by atoms with Crippen LogP contribution >= 0.6 is 24.0 Å². The Morgan fingerprint density at radius 1 is 1.47 bits per heavy atom. The van der Waals surface area contributed by atoms with Crippen molar-refractivity contribution in [3.8, 4) is 0 Å². The molecule has 1 aliphatic rings. The molecular formula is C11H15Cl2N3O. The molecule has 6 heteroatoms. The number of hydrogen-bond acceptors (Lipinski definition) is 3. The fourth-order valence-corrected chi connectivity index (χ4v) is 1.91. The van der Waals surface area contributed by atoms with Crippen LogP contribution in [0.25, 0.3) is 0 Å². The van der Waals surface area contributed by atoms with Crippen molar-refractivity contribution >= 4 is 29.9 Å². The molecule has 17 heavy (non-hydrogen) atoms. The van der Waals surface area contributed by atoms with Crippen LogP contribution in [0.4, 0.5) is 0 Å². The molecule has 1 fully saturated rings. The van der Waals surface area contributed by atoms with E-state index in [1.165, 1.54) is 0 Å². The summed E-state index contributed by atoms with van der Waals surface area (Å²) in [5.74, 6) is -0.144. The zero-order valence-electron chi connectivity index (χ0n) is 9.28. The number of nitrogens with one attached hydrogen (secondary N) is 2. The molecule has 1 aromatic rings. The number of rotatable bonds is 2. The molecule has 4 nitrogen and oxygen atoms in total. The van der Waals surface area contributed by atoms with Crippen LogP contribution in [-0.4, -0.2) is 30.0 Å². The maximum absolute atomic E-state index is 11.8. The summed E-state index contributed by atoms with van der Waals surface area (Å²) in [6, 6.07) is 3.48. The summed E-state index contributed by atoms with van der Waals surface area (Å²) in [5, 5.41) is 6.74. The van der Waals surface area contributed by atoms with E-state index in [4.69, 9.17) is 11.6 Å². The minimum atomic E-state index is -0.144. The highest BCUT2D eigenvalue weighted by Gasteiger charge is 2.16. The van der Waals surface area contributed by atoms with Gasteiger partial charge in [-0.25, -0.2) is 0 Å². The summed E-state index contributed by atoms with van der Waals surface area (Å²) >= 11 is 5.80. The Bertz CT molecular complexity index is 381. The molecule has 0 aliphatic carbocycles. The van der Waals surface area contributed by atoms with E-state index in [2.05, 4.69) is 15.6 Å². The van der Waals surface area contributed by atoms with Crippen molar-refractivity contribution in [1.82, 2.24) is 15.6 Å². The van der Waals surface area contributed by atoms with Gasteiger partial charge in [-0.05, 0) is 38.1 Å². The van der Waals surface area contributed by atoms with Gasteiger partial charge in [-0.3, -0.25) is 9.78 Å². The average Bonchev–Trinajstić information content (AvgIpc) is 2.30. The lowest BCUT2D eigenvalue weighted by Crippen LogP contribution is -2.42. The summed E-state index contributed by atoms with van der Waals surface area (Å²) < 4.78 is 0. The number of carbonyl (C=O) groups is 1. The summed E-state index contributed by atoms with van der Waals surface area (Å²) in [5.41, 5.74) is 0.381. The SMILES string of the molecule is Cl.O=C(NC1CCNCC1)c1cc(Cl)ccn1. The van der Waals surface area contributed by atoms with Gasteiger partial charge in [0.2, 0.25) is 0 Å². The quantitative estimate of drug-likeness (QED) is 0.863. The number of aromatic nitrogens is 1. The highest BCUT2D eigenvalue weighted by atomic mass is 35.5. The predicted molar refractivity (Wildman–Crippen MR) is 69.9 cm³/mol. The summed E-state index contributed by atoms with van der Waals surface area (Å²) in [6.45, 7) is 1.90. The molecule has 1 saturated heterocycles. The molecule has 94 valence electrons. The molecule has 1 amide bonds. The van der Waals surface area contributed by atoms with E-state index in [9.17, 15) is 4.79 Å². The summed E-state index contributed by atoms with van der Waals surface area (Å²) in [4.78, 5) is 15.8. The van der Waals surface area contributed by atoms with Crippen molar-refractivity contribution in [2.45, 2.75) is 18.9 Å². The fraction of sp³-hybridized carbons (Fsp3) is 0.455. The van der Waals surface area contributed by atoms with Crippen LogP contribution in [0.3, 0.4) is 0 Å². The lowest BCUT2D eigenvalue weighted by Gasteiger charge is -2.23. The van der Waals surface area contributed by atoms with Gasteiger partial charge < -0.3 is 10.6 Å². The highest BCUT2D eigenvalue weighted by Crippen LogP contribution is 2.09. The van der Waals surface area contributed by atoms with E-state index in [1.807, 2.05) is 0 Å². The molecule has 0 bridgehead atoms. The number of hydrogen-bond donors (Lipinski definition) is 2. The van der Waals surface area contributed by atoms with Crippen molar-refractivity contribution in [2.75, 3.05) is 13.1 Å². The Hall–Kier alpha value is -0.840. The third-order valence-corrected chi connectivity index (χ3v) is 2.86. The van der Waals surface area contributed by atoms with Crippen molar-refractivity contribution in [3.05, 3.63) is 29.0 Å². The highest BCUT2D eigenvalue weighted by molar-refractivity contribution is 6.30. The zero-order valence-corrected chi connectivity index (χ0v) is 10.9.